The number of hydrogen-bond acceptors (Lipinski definition) is 5. The summed E-state index contributed by atoms with van der Waals surface area (Å²) in [5.41, 5.74) is 2.12. The highest BCUT2D eigenvalue weighted by atomic mass is 16.3. The molecule has 0 radical (unpaired) electrons. The smallest absolute Gasteiger partial charge is 0.230 e. The van der Waals surface area contributed by atoms with Crippen LogP contribution >= 0.6 is 0 Å². The largest absolute Gasteiger partial charge is 0.390 e. The molecule has 0 aromatic carbocycles. The van der Waals surface area contributed by atoms with Crippen LogP contribution in [-0.4, -0.2) is 95.4 Å². The van der Waals surface area contributed by atoms with Crippen LogP contribution in [0.2, 0.25) is 0 Å². The molecule has 1 saturated heterocycles. The molecule has 1 aliphatic heterocycles. The Labute approximate surface area is 143 Å². The summed E-state index contributed by atoms with van der Waals surface area (Å²) in [7, 11) is 3.92. The first-order valence-corrected chi connectivity index (χ1v) is 8.90. The third-order valence-electron chi connectivity index (χ3n) is 5.27. The highest BCUT2D eigenvalue weighted by Gasteiger charge is 2.30. The Hall–Kier alpha value is -1.44. The fourth-order valence-corrected chi connectivity index (χ4v) is 3.78. The van der Waals surface area contributed by atoms with Gasteiger partial charge in [-0.1, -0.05) is 0 Å². The standard InChI is InChI=1S/C17H29N5O2/c1-20-6-8-22(9-7-20)12-13(23)11-21(2)17(24)14-4-3-5-16-15(14)10-18-19-16/h10,13-14,23H,3-9,11-12H2,1-2H3,(H,18,19). The van der Waals surface area contributed by atoms with Crippen molar-refractivity contribution in [3.05, 3.63) is 17.5 Å². The molecule has 3 rings (SSSR count). The first-order valence-electron chi connectivity index (χ1n) is 8.90. The molecule has 1 aromatic rings. The summed E-state index contributed by atoms with van der Waals surface area (Å²) in [6.07, 6.45) is 4.11. The van der Waals surface area contributed by atoms with Gasteiger partial charge in [0.25, 0.3) is 0 Å². The third kappa shape index (κ3) is 3.96. The van der Waals surface area contributed by atoms with Gasteiger partial charge in [0.2, 0.25) is 5.91 Å². The number of likely N-dealkylation sites (N-methyl/N-ethyl adjacent to an activating group) is 2. The van der Waals surface area contributed by atoms with Crippen molar-refractivity contribution in [1.29, 1.82) is 0 Å². The number of carbonyl (C=O) groups is 1. The summed E-state index contributed by atoms with van der Waals surface area (Å²) < 4.78 is 0. The van der Waals surface area contributed by atoms with E-state index in [2.05, 4.69) is 27.0 Å². The van der Waals surface area contributed by atoms with Gasteiger partial charge in [0.15, 0.2) is 0 Å². The van der Waals surface area contributed by atoms with Crippen LogP contribution < -0.4 is 0 Å². The van der Waals surface area contributed by atoms with E-state index in [0.717, 1.165) is 56.7 Å². The fourth-order valence-electron chi connectivity index (χ4n) is 3.78. The van der Waals surface area contributed by atoms with Crippen LogP contribution in [0.1, 0.15) is 30.0 Å². The molecule has 0 saturated carbocycles. The molecule has 134 valence electrons. The number of amides is 1. The van der Waals surface area contributed by atoms with Gasteiger partial charge in [-0.15, -0.1) is 0 Å². The van der Waals surface area contributed by atoms with Gasteiger partial charge in [-0.25, -0.2) is 0 Å². The summed E-state index contributed by atoms with van der Waals surface area (Å²) in [4.78, 5) is 19.0. The molecule has 2 heterocycles. The molecule has 2 atom stereocenters. The number of carbonyl (C=O) groups excluding carboxylic acids is 1. The summed E-state index contributed by atoms with van der Waals surface area (Å²) in [5, 5.41) is 17.5. The van der Waals surface area contributed by atoms with Gasteiger partial charge in [-0.3, -0.25) is 14.8 Å². The van der Waals surface area contributed by atoms with Crippen molar-refractivity contribution in [2.45, 2.75) is 31.3 Å². The van der Waals surface area contributed by atoms with E-state index in [-0.39, 0.29) is 11.8 Å². The minimum atomic E-state index is -0.505. The maximum absolute atomic E-state index is 12.8. The van der Waals surface area contributed by atoms with E-state index in [1.165, 1.54) is 0 Å². The molecular formula is C17H29N5O2. The van der Waals surface area contributed by atoms with Crippen LogP contribution in [0.25, 0.3) is 0 Å². The van der Waals surface area contributed by atoms with E-state index in [4.69, 9.17) is 0 Å². The van der Waals surface area contributed by atoms with Crippen molar-refractivity contribution >= 4 is 5.91 Å². The minimum Gasteiger partial charge on any atom is -0.390 e. The molecule has 0 spiro atoms. The van der Waals surface area contributed by atoms with Crippen LogP contribution in [0, 0.1) is 0 Å². The Kier molecular flexibility index (Phi) is 5.53. The van der Waals surface area contributed by atoms with Gasteiger partial charge in [-0.05, 0) is 26.3 Å². The summed E-state index contributed by atoms with van der Waals surface area (Å²) >= 11 is 0. The molecule has 2 unspecified atom stereocenters. The summed E-state index contributed by atoms with van der Waals surface area (Å²) in [6, 6.07) is 0. The van der Waals surface area contributed by atoms with Crippen LogP contribution in [0.4, 0.5) is 0 Å². The van der Waals surface area contributed by atoms with Crippen LogP contribution in [0.3, 0.4) is 0 Å². The Morgan fingerprint density at radius 2 is 2.21 bits per heavy atom. The van der Waals surface area contributed by atoms with E-state index in [0.29, 0.717) is 13.1 Å². The van der Waals surface area contributed by atoms with Crippen LogP contribution in [0.15, 0.2) is 6.20 Å². The number of H-pyrrole nitrogens is 1. The Bertz CT molecular complexity index is 553. The van der Waals surface area contributed by atoms with Gasteiger partial charge in [0, 0.05) is 57.6 Å². The lowest BCUT2D eigenvalue weighted by atomic mass is 9.86. The van der Waals surface area contributed by atoms with Crippen molar-refractivity contribution < 1.29 is 9.90 Å². The second kappa shape index (κ2) is 7.63. The van der Waals surface area contributed by atoms with Gasteiger partial charge < -0.3 is 14.9 Å². The number of hydrogen-bond donors (Lipinski definition) is 2. The number of aromatic amines is 1. The highest BCUT2D eigenvalue weighted by molar-refractivity contribution is 5.84. The van der Waals surface area contributed by atoms with E-state index < -0.39 is 6.10 Å². The van der Waals surface area contributed by atoms with Gasteiger partial charge in [-0.2, -0.15) is 5.10 Å². The zero-order valence-corrected chi connectivity index (χ0v) is 14.7. The Morgan fingerprint density at radius 3 is 2.96 bits per heavy atom. The predicted molar refractivity (Wildman–Crippen MR) is 91.8 cm³/mol. The number of nitrogens with one attached hydrogen (secondary N) is 1. The third-order valence-corrected chi connectivity index (χ3v) is 5.27. The number of fused-ring (bicyclic) bond motifs is 1. The van der Waals surface area contributed by atoms with Gasteiger partial charge in [0.05, 0.1) is 18.2 Å². The highest BCUT2D eigenvalue weighted by Crippen LogP contribution is 2.31. The Balaban J connectivity index is 1.51. The molecule has 1 amide bonds. The number of nitrogens with zero attached hydrogens (tertiary/aromatic N) is 4. The summed E-state index contributed by atoms with van der Waals surface area (Å²) in [5.74, 6) is -0.0249. The van der Waals surface area contributed by atoms with E-state index in [1.54, 1.807) is 18.1 Å². The first kappa shape index (κ1) is 17.4. The average molecular weight is 335 g/mol. The lowest BCUT2D eigenvalue weighted by Gasteiger charge is -2.34. The van der Waals surface area contributed by atoms with Crippen molar-refractivity contribution in [2.75, 3.05) is 53.4 Å². The number of aromatic nitrogens is 2. The number of piperazine rings is 1. The number of aliphatic hydroxyl groups excluding tert-OH is 1. The lowest BCUT2D eigenvalue weighted by molar-refractivity contribution is -0.133. The van der Waals surface area contributed by atoms with E-state index >= 15 is 0 Å². The van der Waals surface area contributed by atoms with Crippen molar-refractivity contribution in [3.63, 3.8) is 0 Å². The normalized spacial score (nSPS) is 23.7. The second-order valence-electron chi connectivity index (χ2n) is 7.23. The van der Waals surface area contributed by atoms with Crippen molar-refractivity contribution in [3.8, 4) is 0 Å². The minimum absolute atomic E-state index is 0.0924. The van der Waals surface area contributed by atoms with E-state index in [9.17, 15) is 9.90 Å². The molecule has 24 heavy (non-hydrogen) atoms. The molecule has 1 fully saturated rings. The number of aryl methyl sites for hydroxylation is 1. The van der Waals surface area contributed by atoms with Crippen molar-refractivity contribution in [1.82, 2.24) is 24.9 Å². The molecule has 7 heteroatoms. The zero-order valence-electron chi connectivity index (χ0n) is 14.7. The number of rotatable bonds is 5. The number of β-amino-alcohol motifs (C(OH)–C–C–N with tert-alkyl or cyclic N) is 1. The monoisotopic (exact) mass is 335 g/mol. The molecule has 0 bridgehead atoms. The molecular weight excluding hydrogens is 306 g/mol. The van der Waals surface area contributed by atoms with Crippen LogP contribution in [-0.2, 0) is 11.2 Å². The predicted octanol–water partition coefficient (Wildman–Crippen LogP) is -0.104. The van der Waals surface area contributed by atoms with Gasteiger partial charge >= 0.3 is 0 Å². The van der Waals surface area contributed by atoms with E-state index in [1.807, 2.05) is 0 Å². The lowest BCUT2D eigenvalue weighted by Crippen LogP contribution is -2.49. The average Bonchev–Trinajstić information content (AvgIpc) is 3.04. The molecule has 7 nitrogen and oxygen atoms in total. The quantitative estimate of drug-likeness (QED) is 0.786. The summed E-state index contributed by atoms with van der Waals surface area (Å²) in [6.45, 7) is 5.04. The second-order valence-corrected chi connectivity index (χ2v) is 7.23. The maximum Gasteiger partial charge on any atom is 0.230 e. The zero-order chi connectivity index (χ0) is 17.1. The fraction of sp³-hybridized carbons (Fsp3) is 0.765. The Morgan fingerprint density at radius 1 is 1.46 bits per heavy atom. The SMILES string of the molecule is CN1CCN(CC(O)CN(C)C(=O)C2CCCc3[nH]ncc32)CC1. The van der Waals surface area contributed by atoms with Crippen molar-refractivity contribution in [2.24, 2.45) is 0 Å². The molecule has 2 N–H and O–H groups in total. The number of aliphatic hydroxyl groups is 1. The molecule has 1 aromatic heterocycles. The maximum atomic E-state index is 12.8. The first-order chi connectivity index (χ1) is 11.5. The van der Waals surface area contributed by atoms with Crippen LogP contribution in [0.5, 0.6) is 0 Å². The molecule has 1 aliphatic carbocycles. The van der Waals surface area contributed by atoms with Gasteiger partial charge in [0.1, 0.15) is 0 Å². The molecule has 2 aliphatic rings. The topological polar surface area (TPSA) is 75.7 Å².